The molecule has 0 saturated carbocycles. The van der Waals surface area contributed by atoms with Crippen LogP contribution in [0, 0.1) is 5.92 Å². The third kappa shape index (κ3) is 5.61. The number of benzene rings is 2. The van der Waals surface area contributed by atoms with Gasteiger partial charge in [-0.15, -0.1) is 0 Å². The third-order valence-corrected chi connectivity index (χ3v) is 4.69. The van der Waals surface area contributed by atoms with Crippen molar-refractivity contribution in [2.45, 2.75) is 26.3 Å². The van der Waals surface area contributed by atoms with Gasteiger partial charge in [-0.3, -0.25) is 14.8 Å². The summed E-state index contributed by atoms with van der Waals surface area (Å²) in [7, 11) is 0. The van der Waals surface area contributed by atoms with Crippen molar-refractivity contribution in [1.29, 1.82) is 0 Å². The second kappa shape index (κ2) is 10.3. The van der Waals surface area contributed by atoms with E-state index in [1.165, 1.54) is 0 Å². The van der Waals surface area contributed by atoms with Crippen LogP contribution in [0.4, 0.5) is 0 Å². The second-order valence-electron chi connectivity index (χ2n) is 6.90. The monoisotopic (exact) mass is 386 g/mol. The van der Waals surface area contributed by atoms with Crippen molar-refractivity contribution < 1.29 is 9.53 Å². The maximum Gasteiger partial charge on any atom is 0.306 e. The molecule has 0 N–H and O–H groups in total. The van der Waals surface area contributed by atoms with Crippen LogP contribution in [0.3, 0.4) is 0 Å². The molecule has 0 aliphatic carbocycles. The predicted molar refractivity (Wildman–Crippen MR) is 116 cm³/mol. The molecule has 2 atom stereocenters. The van der Waals surface area contributed by atoms with Crippen LogP contribution < -0.4 is 0 Å². The standard InChI is InChI=1S/C25H26N2O2/c1-3-29-23(28)18-19(2)24(22-16-10-11-17-26-22)27-25(20-12-6-4-7-13-20)21-14-8-5-9-15-21/h4-17,19,24H,3,18H2,1-2H3. The molecular formula is C25H26N2O2. The summed E-state index contributed by atoms with van der Waals surface area (Å²) in [6.07, 6.45) is 2.05. The van der Waals surface area contributed by atoms with Crippen molar-refractivity contribution in [3.8, 4) is 0 Å². The number of aromatic nitrogens is 1. The minimum atomic E-state index is -0.268. The first kappa shape index (κ1) is 20.5. The summed E-state index contributed by atoms with van der Waals surface area (Å²) >= 11 is 0. The zero-order valence-electron chi connectivity index (χ0n) is 16.9. The fourth-order valence-corrected chi connectivity index (χ4v) is 3.28. The Labute approximate surface area is 172 Å². The van der Waals surface area contributed by atoms with Crippen molar-refractivity contribution >= 4 is 11.7 Å². The number of hydrogen-bond acceptors (Lipinski definition) is 4. The van der Waals surface area contributed by atoms with E-state index in [0.29, 0.717) is 6.61 Å². The van der Waals surface area contributed by atoms with E-state index >= 15 is 0 Å². The van der Waals surface area contributed by atoms with Gasteiger partial charge in [0, 0.05) is 17.3 Å². The Morgan fingerprint density at radius 1 is 0.931 bits per heavy atom. The molecule has 4 heteroatoms. The molecule has 148 valence electrons. The maximum atomic E-state index is 12.1. The maximum absolute atomic E-state index is 12.1. The van der Waals surface area contributed by atoms with E-state index in [0.717, 1.165) is 22.5 Å². The zero-order chi connectivity index (χ0) is 20.5. The number of aliphatic imine (C=N–C) groups is 1. The first-order valence-corrected chi connectivity index (χ1v) is 9.94. The molecular weight excluding hydrogens is 360 g/mol. The van der Waals surface area contributed by atoms with Crippen molar-refractivity contribution in [3.05, 3.63) is 102 Å². The van der Waals surface area contributed by atoms with Gasteiger partial charge in [-0.1, -0.05) is 73.7 Å². The fourth-order valence-electron chi connectivity index (χ4n) is 3.28. The van der Waals surface area contributed by atoms with Gasteiger partial charge in [0.05, 0.1) is 30.5 Å². The Morgan fingerprint density at radius 2 is 1.52 bits per heavy atom. The number of nitrogens with zero attached hydrogens (tertiary/aromatic N) is 2. The smallest absolute Gasteiger partial charge is 0.306 e. The van der Waals surface area contributed by atoms with E-state index in [4.69, 9.17) is 9.73 Å². The molecule has 2 aromatic carbocycles. The Bertz CT molecular complexity index is 883. The van der Waals surface area contributed by atoms with Crippen molar-refractivity contribution in [1.82, 2.24) is 4.98 Å². The highest BCUT2D eigenvalue weighted by Crippen LogP contribution is 2.29. The van der Waals surface area contributed by atoms with Crippen LogP contribution in [-0.4, -0.2) is 23.3 Å². The third-order valence-electron chi connectivity index (χ3n) is 4.69. The Morgan fingerprint density at radius 3 is 2.03 bits per heavy atom. The van der Waals surface area contributed by atoms with Gasteiger partial charge < -0.3 is 4.74 Å². The van der Waals surface area contributed by atoms with Crippen LogP contribution in [0.15, 0.2) is 90.1 Å². The summed E-state index contributed by atoms with van der Waals surface area (Å²) in [6, 6.07) is 25.7. The SMILES string of the molecule is CCOC(=O)CC(C)C(N=C(c1ccccc1)c1ccccc1)c1ccccn1. The number of pyridine rings is 1. The molecule has 0 bridgehead atoms. The molecule has 3 rings (SSSR count). The number of carbonyl (C=O) groups excluding carboxylic acids is 1. The Hall–Kier alpha value is -3.27. The summed E-state index contributed by atoms with van der Waals surface area (Å²) in [4.78, 5) is 21.8. The highest BCUT2D eigenvalue weighted by molar-refractivity contribution is 6.13. The quantitative estimate of drug-likeness (QED) is 0.392. The minimum Gasteiger partial charge on any atom is -0.466 e. The van der Waals surface area contributed by atoms with Crippen LogP contribution in [-0.2, 0) is 9.53 Å². The molecule has 2 unspecified atom stereocenters. The average Bonchev–Trinajstić information content (AvgIpc) is 2.76. The Kier molecular flexibility index (Phi) is 7.28. The van der Waals surface area contributed by atoms with Gasteiger partial charge in [0.15, 0.2) is 0 Å². The van der Waals surface area contributed by atoms with Gasteiger partial charge >= 0.3 is 5.97 Å². The van der Waals surface area contributed by atoms with Crippen molar-refractivity contribution in [2.75, 3.05) is 6.61 Å². The molecule has 0 amide bonds. The van der Waals surface area contributed by atoms with E-state index < -0.39 is 0 Å². The molecule has 0 fully saturated rings. The van der Waals surface area contributed by atoms with E-state index in [1.54, 1.807) is 6.20 Å². The Balaban J connectivity index is 2.06. The van der Waals surface area contributed by atoms with E-state index in [2.05, 4.69) is 29.2 Å². The lowest BCUT2D eigenvalue weighted by molar-refractivity contribution is -0.144. The molecule has 1 aromatic heterocycles. The highest BCUT2D eigenvalue weighted by atomic mass is 16.5. The van der Waals surface area contributed by atoms with Crippen LogP contribution >= 0.6 is 0 Å². The van der Waals surface area contributed by atoms with E-state index in [-0.39, 0.29) is 24.3 Å². The van der Waals surface area contributed by atoms with Crippen LogP contribution in [0.25, 0.3) is 0 Å². The van der Waals surface area contributed by atoms with Gasteiger partial charge in [0.25, 0.3) is 0 Å². The lowest BCUT2D eigenvalue weighted by Crippen LogP contribution is -2.18. The highest BCUT2D eigenvalue weighted by Gasteiger charge is 2.24. The lowest BCUT2D eigenvalue weighted by atomic mass is 9.94. The van der Waals surface area contributed by atoms with Gasteiger partial charge in [0.1, 0.15) is 0 Å². The van der Waals surface area contributed by atoms with Gasteiger partial charge in [-0.05, 0) is 25.0 Å². The normalized spacial score (nSPS) is 12.6. The number of esters is 1. The van der Waals surface area contributed by atoms with Crippen molar-refractivity contribution in [3.63, 3.8) is 0 Å². The van der Waals surface area contributed by atoms with Crippen LogP contribution in [0.2, 0.25) is 0 Å². The average molecular weight is 386 g/mol. The second-order valence-corrected chi connectivity index (χ2v) is 6.90. The molecule has 0 saturated heterocycles. The summed E-state index contributed by atoms with van der Waals surface area (Å²) in [5.41, 5.74) is 3.79. The van der Waals surface area contributed by atoms with Gasteiger partial charge in [-0.25, -0.2) is 0 Å². The summed E-state index contributed by atoms with van der Waals surface area (Å²) in [5, 5.41) is 0. The van der Waals surface area contributed by atoms with Crippen LogP contribution in [0.5, 0.6) is 0 Å². The molecule has 0 radical (unpaired) electrons. The van der Waals surface area contributed by atoms with Crippen molar-refractivity contribution in [2.24, 2.45) is 10.9 Å². The molecule has 1 heterocycles. The van der Waals surface area contributed by atoms with Gasteiger partial charge in [-0.2, -0.15) is 0 Å². The summed E-state index contributed by atoms with van der Waals surface area (Å²) < 4.78 is 5.17. The molecule has 0 spiro atoms. The first-order chi connectivity index (χ1) is 14.2. The van der Waals surface area contributed by atoms with Gasteiger partial charge in [0.2, 0.25) is 0 Å². The predicted octanol–water partition coefficient (Wildman–Crippen LogP) is 5.25. The topological polar surface area (TPSA) is 51.5 Å². The van der Waals surface area contributed by atoms with Crippen LogP contribution in [0.1, 0.15) is 43.1 Å². The van der Waals surface area contributed by atoms with E-state index in [1.807, 2.05) is 68.4 Å². The first-order valence-electron chi connectivity index (χ1n) is 9.94. The fraction of sp³-hybridized carbons (Fsp3) is 0.240. The largest absolute Gasteiger partial charge is 0.466 e. The summed E-state index contributed by atoms with van der Waals surface area (Å²) in [6.45, 7) is 4.22. The molecule has 4 nitrogen and oxygen atoms in total. The number of ether oxygens (including phenoxy) is 1. The molecule has 3 aromatic rings. The molecule has 29 heavy (non-hydrogen) atoms. The zero-order valence-corrected chi connectivity index (χ0v) is 16.9. The summed E-state index contributed by atoms with van der Waals surface area (Å²) in [5.74, 6) is -0.275. The molecule has 0 aliphatic heterocycles. The number of rotatable bonds is 8. The number of carbonyl (C=O) groups is 1. The molecule has 0 aliphatic rings. The van der Waals surface area contributed by atoms with E-state index in [9.17, 15) is 4.79 Å². The minimum absolute atomic E-state index is 0.0635. The number of hydrogen-bond donors (Lipinski definition) is 0. The lowest BCUT2D eigenvalue weighted by Gasteiger charge is -2.21.